The van der Waals surface area contributed by atoms with Crippen LogP contribution in [0.25, 0.3) is 6.08 Å². The fraction of sp³-hybridized carbons (Fsp3) is 0.200. The van der Waals surface area contributed by atoms with E-state index >= 15 is 0 Å². The third-order valence-electron chi connectivity index (χ3n) is 1.67. The van der Waals surface area contributed by atoms with Crippen LogP contribution in [0.5, 0.6) is 0 Å². The molecule has 0 fully saturated rings. The van der Waals surface area contributed by atoms with Crippen molar-refractivity contribution in [1.29, 1.82) is 0 Å². The van der Waals surface area contributed by atoms with Crippen molar-refractivity contribution in [2.75, 3.05) is 5.88 Å². The summed E-state index contributed by atoms with van der Waals surface area (Å²) < 4.78 is 12.9. The van der Waals surface area contributed by atoms with Gasteiger partial charge in [0.25, 0.3) is 0 Å². The first-order chi connectivity index (χ1) is 7.15. The summed E-state index contributed by atoms with van der Waals surface area (Å²) >= 11 is 5.45. The van der Waals surface area contributed by atoms with Gasteiger partial charge in [-0.05, 0) is 18.6 Å². The van der Waals surface area contributed by atoms with Crippen molar-refractivity contribution in [1.82, 2.24) is 4.98 Å². The first kappa shape index (κ1) is 11.7. The molecule has 0 atom stereocenters. The fourth-order valence-corrected chi connectivity index (χ4v) is 1.10. The highest BCUT2D eigenvalue weighted by Gasteiger charge is 2.10. The van der Waals surface area contributed by atoms with Crippen LogP contribution >= 0.6 is 11.6 Å². The lowest BCUT2D eigenvalue weighted by Gasteiger charge is -1.98. The summed E-state index contributed by atoms with van der Waals surface area (Å²) in [5.41, 5.74) is 0.0226. The Balaban J connectivity index is 2.92. The fourth-order valence-electron chi connectivity index (χ4n) is 0.977. The molecule has 0 saturated heterocycles. The van der Waals surface area contributed by atoms with Gasteiger partial charge in [-0.1, -0.05) is 6.08 Å². The van der Waals surface area contributed by atoms with Gasteiger partial charge < -0.3 is 5.11 Å². The zero-order valence-electron chi connectivity index (χ0n) is 7.78. The highest BCUT2D eigenvalue weighted by atomic mass is 35.5. The third kappa shape index (κ3) is 3.32. The standard InChI is InChI=1S/C10H9ClFNO2/c11-4-2-1-3-7-5-8(10(14)15)9(12)6-13-7/h1,3,5-6H,2,4H2,(H,14,15). The van der Waals surface area contributed by atoms with E-state index in [-0.39, 0.29) is 5.56 Å². The summed E-state index contributed by atoms with van der Waals surface area (Å²) in [4.78, 5) is 14.3. The molecule has 0 aromatic carbocycles. The smallest absolute Gasteiger partial charge is 0.338 e. The van der Waals surface area contributed by atoms with E-state index in [4.69, 9.17) is 16.7 Å². The summed E-state index contributed by atoms with van der Waals surface area (Å²) in [6.07, 6.45) is 4.90. The van der Waals surface area contributed by atoms with Crippen molar-refractivity contribution in [3.63, 3.8) is 0 Å². The van der Waals surface area contributed by atoms with Crippen molar-refractivity contribution >= 4 is 23.6 Å². The van der Waals surface area contributed by atoms with Gasteiger partial charge in [0.05, 0.1) is 17.5 Å². The first-order valence-corrected chi connectivity index (χ1v) is 4.80. The number of pyridine rings is 1. The summed E-state index contributed by atoms with van der Waals surface area (Å²) in [5, 5.41) is 8.65. The number of hydrogen-bond donors (Lipinski definition) is 1. The summed E-state index contributed by atoms with van der Waals surface area (Å²) in [6, 6.07) is 1.18. The van der Waals surface area contributed by atoms with E-state index in [1.807, 2.05) is 0 Å². The second-order valence-corrected chi connectivity index (χ2v) is 3.15. The number of halogens is 2. The molecule has 0 radical (unpaired) electrons. The van der Waals surface area contributed by atoms with Crippen molar-refractivity contribution in [2.24, 2.45) is 0 Å². The lowest BCUT2D eigenvalue weighted by molar-refractivity contribution is 0.0691. The molecule has 1 aromatic rings. The van der Waals surface area contributed by atoms with Crippen LogP contribution in [0.1, 0.15) is 22.5 Å². The monoisotopic (exact) mass is 229 g/mol. The average Bonchev–Trinajstić information content (AvgIpc) is 2.20. The van der Waals surface area contributed by atoms with Gasteiger partial charge in [-0.3, -0.25) is 4.98 Å². The predicted molar refractivity (Wildman–Crippen MR) is 55.5 cm³/mol. The molecule has 0 aliphatic rings. The normalized spacial score (nSPS) is 10.8. The number of carboxylic acids is 1. The van der Waals surface area contributed by atoms with Gasteiger partial charge in [-0.15, -0.1) is 11.6 Å². The molecular weight excluding hydrogens is 221 g/mol. The van der Waals surface area contributed by atoms with Gasteiger partial charge in [0, 0.05) is 5.88 Å². The molecule has 1 N–H and O–H groups in total. The van der Waals surface area contributed by atoms with E-state index in [2.05, 4.69) is 4.98 Å². The number of alkyl halides is 1. The third-order valence-corrected chi connectivity index (χ3v) is 1.89. The Kier molecular flexibility index (Phi) is 4.24. The summed E-state index contributed by atoms with van der Waals surface area (Å²) in [6.45, 7) is 0. The Hall–Kier alpha value is -1.42. The molecule has 0 aliphatic carbocycles. The SMILES string of the molecule is O=C(O)c1cc(C=CCCCl)ncc1F. The molecule has 1 rings (SSSR count). The molecule has 0 amide bonds. The second-order valence-electron chi connectivity index (χ2n) is 2.77. The number of nitrogens with zero attached hydrogens (tertiary/aromatic N) is 1. The molecule has 1 aromatic heterocycles. The van der Waals surface area contributed by atoms with Gasteiger partial charge in [0.2, 0.25) is 0 Å². The Morgan fingerprint density at radius 1 is 1.67 bits per heavy atom. The summed E-state index contributed by atoms with van der Waals surface area (Å²) in [7, 11) is 0. The van der Waals surface area contributed by atoms with Crippen molar-refractivity contribution in [3.8, 4) is 0 Å². The van der Waals surface area contributed by atoms with Gasteiger partial charge in [0.15, 0.2) is 5.82 Å². The van der Waals surface area contributed by atoms with Gasteiger partial charge in [0.1, 0.15) is 0 Å². The molecule has 0 aliphatic heterocycles. The lowest BCUT2D eigenvalue weighted by Crippen LogP contribution is -2.01. The molecular formula is C10H9ClFNO2. The van der Waals surface area contributed by atoms with Crippen LogP contribution in [0.2, 0.25) is 0 Å². The maximum Gasteiger partial charge on any atom is 0.338 e. The Labute approximate surface area is 91.2 Å². The van der Waals surface area contributed by atoms with Crippen LogP contribution in [0.4, 0.5) is 4.39 Å². The molecule has 15 heavy (non-hydrogen) atoms. The number of hydrogen-bond acceptors (Lipinski definition) is 2. The highest BCUT2D eigenvalue weighted by Crippen LogP contribution is 2.09. The van der Waals surface area contributed by atoms with Crippen molar-refractivity contribution < 1.29 is 14.3 Å². The molecule has 1 heterocycles. The largest absolute Gasteiger partial charge is 0.478 e. The van der Waals surface area contributed by atoms with Crippen LogP contribution in [-0.2, 0) is 0 Å². The van der Waals surface area contributed by atoms with Crippen molar-refractivity contribution in [3.05, 3.63) is 35.4 Å². The van der Waals surface area contributed by atoms with Crippen molar-refractivity contribution in [2.45, 2.75) is 6.42 Å². The number of carbonyl (C=O) groups is 1. The van der Waals surface area contributed by atoms with E-state index in [9.17, 15) is 9.18 Å². The summed E-state index contributed by atoms with van der Waals surface area (Å²) in [5.74, 6) is -1.66. The number of allylic oxidation sites excluding steroid dienone is 1. The maximum absolute atomic E-state index is 12.9. The molecule has 3 nitrogen and oxygen atoms in total. The Morgan fingerprint density at radius 3 is 3.00 bits per heavy atom. The number of rotatable bonds is 4. The number of carboxylic acid groups (broad SMARTS) is 1. The molecule has 5 heteroatoms. The first-order valence-electron chi connectivity index (χ1n) is 4.26. The van der Waals surface area contributed by atoms with E-state index in [0.717, 1.165) is 6.20 Å². The quantitative estimate of drug-likeness (QED) is 0.808. The Bertz CT molecular complexity index is 393. The minimum atomic E-state index is -1.30. The maximum atomic E-state index is 12.9. The van der Waals surface area contributed by atoms with E-state index in [1.165, 1.54) is 6.07 Å². The van der Waals surface area contributed by atoms with E-state index in [0.29, 0.717) is 18.0 Å². The molecule has 80 valence electrons. The van der Waals surface area contributed by atoms with Gasteiger partial charge in [-0.2, -0.15) is 0 Å². The second kappa shape index (κ2) is 5.46. The topological polar surface area (TPSA) is 50.2 Å². The minimum absolute atomic E-state index is 0.379. The zero-order valence-corrected chi connectivity index (χ0v) is 8.54. The van der Waals surface area contributed by atoms with Crippen LogP contribution in [0.3, 0.4) is 0 Å². The number of aromatic nitrogens is 1. The molecule has 0 saturated carbocycles. The highest BCUT2D eigenvalue weighted by molar-refractivity contribution is 6.17. The minimum Gasteiger partial charge on any atom is -0.478 e. The molecule has 0 bridgehead atoms. The lowest BCUT2D eigenvalue weighted by atomic mass is 10.2. The van der Waals surface area contributed by atoms with Crippen LogP contribution < -0.4 is 0 Å². The number of aromatic carboxylic acids is 1. The van der Waals surface area contributed by atoms with E-state index < -0.39 is 11.8 Å². The van der Waals surface area contributed by atoms with Gasteiger partial charge >= 0.3 is 5.97 Å². The molecule has 0 spiro atoms. The predicted octanol–water partition coefficient (Wildman–Crippen LogP) is 2.56. The molecule has 0 unspecified atom stereocenters. The van der Waals surface area contributed by atoms with E-state index in [1.54, 1.807) is 12.2 Å². The van der Waals surface area contributed by atoms with Crippen LogP contribution in [0, 0.1) is 5.82 Å². The van der Waals surface area contributed by atoms with Crippen LogP contribution in [-0.4, -0.2) is 21.9 Å². The Morgan fingerprint density at radius 2 is 2.40 bits per heavy atom. The van der Waals surface area contributed by atoms with Gasteiger partial charge in [-0.25, -0.2) is 9.18 Å². The zero-order chi connectivity index (χ0) is 11.3. The average molecular weight is 230 g/mol. The van der Waals surface area contributed by atoms with Crippen LogP contribution in [0.15, 0.2) is 18.3 Å².